The van der Waals surface area contributed by atoms with Gasteiger partial charge in [0.1, 0.15) is 19.8 Å². The predicted molar refractivity (Wildman–Crippen MR) is 270 cm³/mol. The van der Waals surface area contributed by atoms with Gasteiger partial charge in [0.2, 0.25) is 0 Å². The number of hydrogen-bond donors (Lipinski definition) is 1. The van der Waals surface area contributed by atoms with Gasteiger partial charge in [-0.15, -0.1) is 0 Å². The van der Waals surface area contributed by atoms with E-state index in [0.717, 1.165) is 83.5 Å². The highest BCUT2D eigenvalue weighted by Crippen LogP contribution is 2.43. The molecule has 0 heterocycles. The molecule has 0 amide bonds. The first-order valence-electron chi connectivity index (χ1n) is 26.0. The van der Waals surface area contributed by atoms with E-state index in [9.17, 15) is 19.0 Å². The van der Waals surface area contributed by atoms with E-state index in [1.165, 1.54) is 103 Å². The summed E-state index contributed by atoms with van der Waals surface area (Å²) in [7, 11) is 1.46. The lowest BCUT2D eigenvalue weighted by atomic mass is 10.0. The average molecular weight is 921 g/mol. The molecule has 0 saturated heterocycles. The summed E-state index contributed by atoms with van der Waals surface area (Å²) >= 11 is 0. The summed E-state index contributed by atoms with van der Waals surface area (Å²) in [4.78, 5) is 35.5. The molecule has 0 bridgehead atoms. The first-order valence-corrected chi connectivity index (χ1v) is 27.5. The second-order valence-corrected chi connectivity index (χ2v) is 20.0. The lowest BCUT2D eigenvalue weighted by Gasteiger charge is -2.24. The Morgan fingerprint density at radius 1 is 0.484 bits per heavy atom. The fourth-order valence-electron chi connectivity index (χ4n) is 6.93. The van der Waals surface area contributed by atoms with Crippen LogP contribution >= 0.6 is 7.82 Å². The largest absolute Gasteiger partial charge is 0.472 e. The van der Waals surface area contributed by atoms with E-state index in [1.807, 2.05) is 21.1 Å². The summed E-state index contributed by atoms with van der Waals surface area (Å²) in [6, 6.07) is 0. The van der Waals surface area contributed by atoms with Gasteiger partial charge in [-0.05, 0) is 83.5 Å². The first kappa shape index (κ1) is 61.7. The van der Waals surface area contributed by atoms with Crippen LogP contribution in [-0.4, -0.2) is 74.9 Å². The van der Waals surface area contributed by atoms with Crippen LogP contribution in [0.2, 0.25) is 0 Å². The fraction of sp³-hybridized carbons (Fsp3) is 0.778. The molecule has 10 heteroatoms. The predicted octanol–water partition coefficient (Wildman–Crippen LogP) is 15.6. The summed E-state index contributed by atoms with van der Waals surface area (Å²) in [5.41, 5.74) is 0. The monoisotopic (exact) mass is 921 g/mol. The molecule has 0 aromatic rings. The molecular weight excluding hydrogens is 822 g/mol. The molecular formula is C54H99NO8P+. The zero-order valence-corrected chi connectivity index (χ0v) is 42.9. The maximum atomic E-state index is 12.8. The highest BCUT2D eigenvalue weighted by atomic mass is 31.2. The van der Waals surface area contributed by atoms with Gasteiger partial charge >= 0.3 is 19.8 Å². The minimum atomic E-state index is -4.39. The van der Waals surface area contributed by atoms with Crippen molar-refractivity contribution < 1.29 is 42.1 Å². The quantitative estimate of drug-likeness (QED) is 0.0211. The summed E-state index contributed by atoms with van der Waals surface area (Å²) in [5.74, 6) is -0.818. The molecule has 0 aliphatic rings. The number of rotatable bonds is 47. The Morgan fingerprint density at radius 3 is 1.28 bits per heavy atom. The molecule has 0 rings (SSSR count). The number of likely N-dealkylation sites (N-methyl/N-ethyl adjacent to an activating group) is 1. The van der Waals surface area contributed by atoms with E-state index in [1.54, 1.807) is 0 Å². The number of ether oxygens (including phenoxy) is 2. The third-order valence-corrected chi connectivity index (χ3v) is 12.0. The van der Waals surface area contributed by atoms with Crippen LogP contribution in [0, 0.1) is 0 Å². The lowest BCUT2D eigenvalue weighted by molar-refractivity contribution is -0.870. The molecule has 2 unspecified atom stereocenters. The highest BCUT2D eigenvalue weighted by molar-refractivity contribution is 7.47. The third kappa shape index (κ3) is 49.2. The van der Waals surface area contributed by atoms with E-state index in [4.69, 9.17) is 18.5 Å². The van der Waals surface area contributed by atoms with Gasteiger partial charge in [-0.3, -0.25) is 18.6 Å². The zero-order valence-electron chi connectivity index (χ0n) is 42.0. The van der Waals surface area contributed by atoms with Crippen LogP contribution in [0.5, 0.6) is 0 Å². The summed E-state index contributed by atoms with van der Waals surface area (Å²) < 4.78 is 34.4. The van der Waals surface area contributed by atoms with Gasteiger partial charge < -0.3 is 18.9 Å². The number of unbranched alkanes of at least 4 members (excludes halogenated alkanes) is 23. The van der Waals surface area contributed by atoms with Crippen LogP contribution in [0.1, 0.15) is 219 Å². The Labute approximate surface area is 394 Å². The molecule has 2 atom stereocenters. The van der Waals surface area contributed by atoms with Crippen LogP contribution in [0.3, 0.4) is 0 Å². The molecule has 0 radical (unpaired) electrons. The number of phosphoric acid groups is 1. The Hall–Kier alpha value is -2.29. The molecule has 0 saturated carbocycles. The van der Waals surface area contributed by atoms with E-state index in [-0.39, 0.29) is 32.0 Å². The smallest absolute Gasteiger partial charge is 0.462 e. The van der Waals surface area contributed by atoms with E-state index < -0.39 is 26.5 Å². The first-order chi connectivity index (χ1) is 31.0. The average Bonchev–Trinajstić information content (AvgIpc) is 3.25. The highest BCUT2D eigenvalue weighted by Gasteiger charge is 2.27. The minimum absolute atomic E-state index is 0.0264. The molecule has 0 aromatic heterocycles. The van der Waals surface area contributed by atoms with Gasteiger partial charge in [0.05, 0.1) is 27.7 Å². The Bertz CT molecular complexity index is 1270. The van der Waals surface area contributed by atoms with E-state index >= 15 is 0 Å². The topological polar surface area (TPSA) is 108 Å². The molecule has 0 aromatic carbocycles. The van der Waals surface area contributed by atoms with Gasteiger partial charge in [-0.2, -0.15) is 0 Å². The summed E-state index contributed by atoms with van der Waals surface area (Å²) in [6.07, 6.45) is 57.0. The van der Waals surface area contributed by atoms with Crippen LogP contribution < -0.4 is 0 Å². The Kier molecular flexibility index (Phi) is 44.2. The molecule has 0 fully saturated rings. The molecule has 1 N–H and O–H groups in total. The maximum Gasteiger partial charge on any atom is 0.472 e. The number of quaternary nitrogens is 1. The van der Waals surface area contributed by atoms with Crippen molar-refractivity contribution in [2.75, 3.05) is 47.5 Å². The third-order valence-electron chi connectivity index (χ3n) is 11.0. The van der Waals surface area contributed by atoms with Crippen molar-refractivity contribution in [3.63, 3.8) is 0 Å². The number of allylic oxidation sites excluding steroid dienone is 10. The normalized spacial score (nSPS) is 13.9. The molecule has 0 spiro atoms. The second kappa shape index (κ2) is 45.8. The Balaban J connectivity index is 4.24. The van der Waals surface area contributed by atoms with Crippen molar-refractivity contribution in [1.82, 2.24) is 0 Å². The van der Waals surface area contributed by atoms with Crippen LogP contribution in [0.4, 0.5) is 0 Å². The maximum absolute atomic E-state index is 12.8. The van der Waals surface area contributed by atoms with Crippen LogP contribution in [0.15, 0.2) is 60.8 Å². The lowest BCUT2D eigenvalue weighted by Crippen LogP contribution is -2.37. The fourth-order valence-corrected chi connectivity index (χ4v) is 7.68. The van der Waals surface area contributed by atoms with E-state index in [0.29, 0.717) is 17.4 Å². The van der Waals surface area contributed by atoms with Gasteiger partial charge in [0.15, 0.2) is 6.10 Å². The zero-order chi connectivity index (χ0) is 47.1. The van der Waals surface area contributed by atoms with Gasteiger partial charge in [0, 0.05) is 12.8 Å². The molecule has 0 aliphatic heterocycles. The van der Waals surface area contributed by atoms with Crippen molar-refractivity contribution in [3.05, 3.63) is 60.8 Å². The molecule has 372 valence electrons. The van der Waals surface area contributed by atoms with Crippen molar-refractivity contribution in [2.45, 2.75) is 225 Å². The molecule has 9 nitrogen and oxygen atoms in total. The van der Waals surface area contributed by atoms with Gasteiger partial charge in [-0.25, -0.2) is 4.57 Å². The number of phosphoric ester groups is 1. The number of esters is 2. The standard InChI is InChI=1S/C54H98NO8P/c1-6-8-10-12-14-16-18-20-22-23-24-25-26-27-28-29-30-31-33-35-37-39-41-43-45-47-54(57)63-52(51-62-64(58,59)61-49-48-55(3,4)5)50-60-53(56)46-44-42-40-38-36-34-32-21-19-17-15-13-11-9-7-2/h15,17-18,20-21,23-24,26-27,32,52H,6-14,16,19,22,25,28-31,33-51H2,1-5H3/p+1/b17-15-,20-18-,24-23-,27-26-,32-21-. The van der Waals surface area contributed by atoms with Crippen molar-refractivity contribution in [1.29, 1.82) is 0 Å². The second-order valence-electron chi connectivity index (χ2n) is 18.5. The number of hydrogen-bond acceptors (Lipinski definition) is 7. The molecule has 0 aliphatic carbocycles. The Morgan fingerprint density at radius 2 is 0.844 bits per heavy atom. The number of nitrogens with zero attached hydrogens (tertiary/aromatic N) is 1. The van der Waals surface area contributed by atoms with E-state index in [2.05, 4.69) is 74.6 Å². The van der Waals surface area contributed by atoms with Crippen molar-refractivity contribution in [2.24, 2.45) is 0 Å². The van der Waals surface area contributed by atoms with Crippen LogP contribution in [-0.2, 0) is 32.7 Å². The minimum Gasteiger partial charge on any atom is -0.462 e. The SMILES string of the molecule is CCCCC/C=C\C/C=C\CCCCCCCC(=O)OCC(COP(=O)(O)OCC[N+](C)(C)C)OC(=O)CCCCCCCCCCCC/C=C\C/C=C\C/C=C\CCCCCCC. The van der Waals surface area contributed by atoms with Crippen LogP contribution in [0.25, 0.3) is 0 Å². The van der Waals surface area contributed by atoms with Crippen molar-refractivity contribution in [3.8, 4) is 0 Å². The number of carbonyl (C=O) groups is 2. The molecule has 64 heavy (non-hydrogen) atoms. The van der Waals surface area contributed by atoms with Gasteiger partial charge in [-0.1, -0.05) is 184 Å². The van der Waals surface area contributed by atoms with Crippen molar-refractivity contribution >= 4 is 19.8 Å². The summed E-state index contributed by atoms with van der Waals surface area (Å²) in [5, 5.41) is 0. The number of carbonyl (C=O) groups excluding carboxylic acids is 2. The van der Waals surface area contributed by atoms with Gasteiger partial charge in [0.25, 0.3) is 0 Å². The summed E-state index contributed by atoms with van der Waals surface area (Å²) in [6.45, 7) is 4.37.